The molecule has 115 heavy (non-hydrogen) atoms. The van der Waals surface area contributed by atoms with Crippen LogP contribution in [0.4, 0.5) is 0 Å². The molecule has 1 fully saturated rings. The smallest absolute Gasteiger partial charge is 0.326 e. The third-order valence-electron chi connectivity index (χ3n) is 17.6. The Kier molecular flexibility index (Phi) is 39.8. The fraction of sp³-hybridized carbons (Fsp3) is 0.600. The zero-order valence-corrected chi connectivity index (χ0v) is 64.5. The number of hydrogen-bond donors (Lipinski definition) is 24. The van der Waals surface area contributed by atoms with Gasteiger partial charge in [0.25, 0.3) is 0 Å². The van der Waals surface area contributed by atoms with Crippen molar-refractivity contribution in [3.05, 3.63) is 54.1 Å². The van der Waals surface area contributed by atoms with Crippen LogP contribution >= 0.6 is 0 Å². The van der Waals surface area contributed by atoms with Crippen LogP contribution < -0.4 is 74.9 Å². The lowest BCUT2D eigenvalue weighted by atomic mass is 9.99. The van der Waals surface area contributed by atoms with E-state index in [1.165, 1.54) is 12.5 Å². The van der Waals surface area contributed by atoms with E-state index in [1.54, 1.807) is 58.0 Å². The van der Waals surface area contributed by atoms with Gasteiger partial charge >= 0.3 is 29.8 Å². The fourth-order valence-corrected chi connectivity index (χ4v) is 11.5. The molecule has 0 aliphatic carbocycles. The highest BCUT2D eigenvalue weighted by Crippen LogP contribution is 2.21. The van der Waals surface area contributed by atoms with Crippen molar-refractivity contribution >= 4 is 113 Å². The van der Waals surface area contributed by atoms with Crippen molar-refractivity contribution in [1.82, 2.24) is 84.0 Å². The topological polar surface area (TPSA) is 721 Å². The monoisotopic (exact) mass is 1630 g/mol. The van der Waals surface area contributed by atoms with E-state index in [1.807, 2.05) is 5.32 Å². The minimum Gasteiger partial charge on any atom is -0.481 e. The van der Waals surface area contributed by atoms with E-state index in [0.29, 0.717) is 5.56 Å². The lowest BCUT2D eigenvalue weighted by Gasteiger charge is -2.31. The first-order valence-corrected chi connectivity index (χ1v) is 36.5. The lowest BCUT2D eigenvalue weighted by Crippen LogP contribution is -2.63. The largest absolute Gasteiger partial charge is 0.481 e. The molecular weight excluding hydrogens is 1530 g/mol. The second-order valence-electron chi connectivity index (χ2n) is 28.4. The van der Waals surface area contributed by atoms with Crippen LogP contribution in [0.2, 0.25) is 0 Å². The van der Waals surface area contributed by atoms with Crippen molar-refractivity contribution in [2.24, 2.45) is 17.6 Å². The van der Waals surface area contributed by atoms with Gasteiger partial charge in [-0.05, 0) is 84.1 Å². The Morgan fingerprint density at radius 2 is 0.861 bits per heavy atom. The summed E-state index contributed by atoms with van der Waals surface area (Å²) >= 11 is 0. The Balaban J connectivity index is 1.88. The summed E-state index contributed by atoms with van der Waals surface area (Å²) in [5.41, 5.74) is 6.25. The lowest BCUT2D eigenvalue weighted by molar-refractivity contribution is -0.149. The summed E-state index contributed by atoms with van der Waals surface area (Å²) in [7, 11) is 0. The molecule has 0 unspecified atom stereocenters. The number of nitrogens with two attached hydrogens (primary N) is 1. The van der Waals surface area contributed by atoms with Crippen molar-refractivity contribution in [3.8, 4) is 0 Å². The van der Waals surface area contributed by atoms with Gasteiger partial charge in [0, 0.05) is 37.7 Å². The summed E-state index contributed by atoms with van der Waals surface area (Å²) in [5.74, 6) is -24.9. The van der Waals surface area contributed by atoms with Gasteiger partial charge in [0.1, 0.15) is 84.6 Å². The van der Waals surface area contributed by atoms with Crippen molar-refractivity contribution in [3.63, 3.8) is 0 Å². The van der Waals surface area contributed by atoms with Crippen molar-refractivity contribution in [1.29, 1.82) is 0 Å². The highest BCUT2D eigenvalue weighted by atomic mass is 16.4. The van der Waals surface area contributed by atoms with Gasteiger partial charge < -0.3 is 131 Å². The van der Waals surface area contributed by atoms with Gasteiger partial charge in [0.15, 0.2) is 0 Å². The molecule has 25 N–H and O–H groups in total. The van der Waals surface area contributed by atoms with Gasteiger partial charge in [-0.15, -0.1) is 0 Å². The SMILES string of the molecule is CC(C)C[C@H](NC(=O)[C@H](CC(C)C)NC(=O)[C@@H](NC(=O)[C@H](CC(=O)O)NC(=O)[C@H](C)NC(=O)[C@@H](N)CC(=O)O)[C@@H](C)O)C(=O)N[C@@H](Cc1cnc[nH]1)C(=O)N[C@@H](Cc1ccccc1)C(=O)N[C@@H](C)C(=O)N[C@H](C(=O)N[C@@H](CCC(=O)O)C(=O)N[C@@H](CO)C(=O)N[C@H](C(=O)N1CCC[C@H]1C(=O)N[C@@H](CC(=O)O)C(=O)O)[C@@H](C)O)[C@@H](C)O. The molecular formula is C70H105N17O28. The van der Waals surface area contributed by atoms with Crippen LogP contribution in [0.15, 0.2) is 42.9 Å². The maximum atomic E-state index is 14.7. The van der Waals surface area contributed by atoms with Gasteiger partial charge in [-0.25, -0.2) is 9.78 Å². The number of nitrogens with one attached hydrogen (secondary N) is 14. The Bertz CT molecular complexity index is 3770. The van der Waals surface area contributed by atoms with E-state index in [-0.39, 0.29) is 56.7 Å². The molecule has 45 heteroatoms. The summed E-state index contributed by atoms with van der Waals surface area (Å²) in [4.78, 5) is 259. The number of imidazole rings is 1. The van der Waals surface area contributed by atoms with E-state index in [9.17, 15) is 127 Å². The number of H-pyrrole nitrogens is 1. The molecule has 1 aliphatic rings. The molecule has 0 saturated carbocycles. The van der Waals surface area contributed by atoms with Gasteiger partial charge in [-0.1, -0.05) is 58.0 Å². The predicted octanol–water partition coefficient (Wildman–Crippen LogP) is -8.54. The molecule has 2 heterocycles. The third-order valence-corrected chi connectivity index (χ3v) is 17.6. The molecule has 2 aromatic rings. The normalized spacial score (nSPS) is 17.0. The third kappa shape index (κ3) is 33.0. The molecule has 638 valence electrons. The number of rotatable bonds is 49. The van der Waals surface area contributed by atoms with Crippen LogP contribution in [0, 0.1) is 11.8 Å². The van der Waals surface area contributed by atoms with Crippen LogP contribution in [-0.2, 0) is 104 Å². The number of amides is 14. The number of aliphatic carboxylic acids is 5. The molecule has 1 aromatic heterocycles. The molecule has 14 amide bonds. The minimum atomic E-state index is -2.04. The first kappa shape index (κ1) is 97.4. The molecule has 1 saturated heterocycles. The summed E-state index contributed by atoms with van der Waals surface area (Å²) in [6, 6.07) is -18.3. The van der Waals surface area contributed by atoms with Gasteiger partial charge in [-0.2, -0.15) is 0 Å². The first-order valence-electron chi connectivity index (χ1n) is 36.5. The first-order chi connectivity index (χ1) is 53.7. The van der Waals surface area contributed by atoms with Crippen molar-refractivity contribution < 1.29 is 137 Å². The number of benzene rings is 1. The van der Waals surface area contributed by atoms with Crippen LogP contribution in [0.3, 0.4) is 0 Å². The number of likely N-dealkylation sites (tertiary alicyclic amines) is 1. The fourth-order valence-electron chi connectivity index (χ4n) is 11.5. The van der Waals surface area contributed by atoms with E-state index in [2.05, 4.69) is 73.8 Å². The number of nitrogens with zero attached hydrogens (tertiary/aromatic N) is 2. The highest BCUT2D eigenvalue weighted by molar-refractivity contribution is 6.01. The van der Waals surface area contributed by atoms with Gasteiger partial charge in [0.2, 0.25) is 82.7 Å². The molecule has 0 spiro atoms. The Labute approximate surface area is 658 Å². The number of hydrogen-bond acceptors (Lipinski definition) is 25. The van der Waals surface area contributed by atoms with Gasteiger partial charge in [0.05, 0.1) is 56.6 Å². The van der Waals surface area contributed by atoms with Crippen LogP contribution in [0.5, 0.6) is 0 Å². The number of carboxylic acids is 5. The molecule has 1 aromatic carbocycles. The molecule has 18 atom stereocenters. The van der Waals surface area contributed by atoms with E-state index < -0.39 is 266 Å². The molecule has 45 nitrogen and oxygen atoms in total. The number of carbonyl (C=O) groups excluding carboxylic acids is 14. The highest BCUT2D eigenvalue weighted by Gasteiger charge is 2.43. The average Bonchev–Trinajstić information content (AvgIpc) is 1.74. The maximum absolute atomic E-state index is 14.7. The van der Waals surface area contributed by atoms with E-state index in [4.69, 9.17) is 15.9 Å². The predicted molar refractivity (Wildman–Crippen MR) is 394 cm³/mol. The minimum absolute atomic E-state index is 0.0613. The number of carbonyl (C=O) groups is 19. The second kappa shape index (κ2) is 47.0. The van der Waals surface area contributed by atoms with Crippen LogP contribution in [-0.4, -0.2) is 295 Å². The number of carboxylic acid groups (broad SMARTS) is 5. The molecule has 0 bridgehead atoms. The zero-order valence-electron chi connectivity index (χ0n) is 64.5. The van der Waals surface area contributed by atoms with E-state index in [0.717, 1.165) is 39.5 Å². The quantitative estimate of drug-likeness (QED) is 0.0292. The number of aliphatic hydroxyl groups is 4. The summed E-state index contributed by atoms with van der Waals surface area (Å²) < 4.78 is 0. The molecule has 0 radical (unpaired) electrons. The van der Waals surface area contributed by atoms with Crippen LogP contribution in [0.25, 0.3) is 0 Å². The Hall–Kier alpha value is -11.8. The number of aromatic amines is 1. The van der Waals surface area contributed by atoms with Gasteiger partial charge in [-0.3, -0.25) is 86.3 Å². The van der Waals surface area contributed by atoms with Crippen molar-refractivity contribution in [2.45, 2.75) is 242 Å². The number of aromatic nitrogens is 2. The number of aliphatic hydroxyl groups excluding tert-OH is 4. The summed E-state index contributed by atoms with van der Waals surface area (Å²) in [6.45, 7) is 10.6. The standard InChI is InChI=1S/C70H105N17O28/c1-30(2)20-41(78-62(106)42(21-31(3)4)81-68(112)54(35(8)90)85-64(108)45(25-51(96)97)77-56(100)32(5)74-58(102)39(71)24-50(94)95)61(105)80-44(23-38-27-72-29-73-38)63(107)79-43(22-37-14-11-10-12-15-37)60(104)75-33(6)57(101)84-53(34(7)89)67(111)76-40(17-18-49(92)93)59(103)83-47(28-88)65(109)86-55(36(9)91)69(113)87-19-13-16-48(87)66(110)82-46(70(114)115)26-52(98)99/h10-12,14-15,27,29-36,39-48,53-55,88-91H,13,16-26,28,71H2,1-9H3,(H,72,73)(H,74,102)(H,75,104)(H,76,111)(H,77,100)(H,78,106)(H,79,107)(H,80,105)(H,81,112)(H,82,110)(H,83,103)(H,84,101)(H,85,108)(H,86,109)(H,92,93)(H,94,95)(H,96,97)(H,98,99)(H,114,115)/t32-,33-,34+,35+,36+,39-,40-,41-,42-,43-,44-,45-,46-,47-,48-,53-,54-,55-/m0/s1. The average molecular weight is 1630 g/mol. The van der Waals surface area contributed by atoms with Crippen LogP contribution in [0.1, 0.15) is 131 Å². The maximum Gasteiger partial charge on any atom is 0.326 e. The summed E-state index contributed by atoms with van der Waals surface area (Å²) in [6.07, 6.45) is -8.22. The molecule has 3 rings (SSSR count). The molecule has 1 aliphatic heterocycles. The second-order valence-corrected chi connectivity index (χ2v) is 28.4. The van der Waals surface area contributed by atoms with Crippen molar-refractivity contribution in [2.75, 3.05) is 13.2 Å². The Morgan fingerprint density at radius 3 is 1.34 bits per heavy atom. The Morgan fingerprint density at radius 1 is 0.452 bits per heavy atom. The summed E-state index contributed by atoms with van der Waals surface area (Å²) in [5, 5.41) is 119. The van der Waals surface area contributed by atoms with E-state index >= 15 is 0 Å². The zero-order chi connectivity index (χ0) is 87.0.